The first-order valence-electron chi connectivity index (χ1n) is 12.8. The van der Waals surface area contributed by atoms with Gasteiger partial charge in [-0.1, -0.05) is 67.6 Å². The molecule has 1 aliphatic rings. The minimum Gasteiger partial charge on any atom is -0.464 e. The van der Waals surface area contributed by atoms with Gasteiger partial charge in [0.25, 0.3) is 5.56 Å². The fraction of sp³-hybridized carbons (Fsp3) is 0.290. The van der Waals surface area contributed by atoms with Crippen LogP contribution in [0, 0.1) is 0 Å². The molecular formula is C31H32N2O4. The third kappa shape index (κ3) is 5.59. The Morgan fingerprint density at radius 2 is 1.65 bits per heavy atom. The first kappa shape index (κ1) is 24.8. The Hall–Kier alpha value is -3.90. The summed E-state index contributed by atoms with van der Waals surface area (Å²) < 4.78 is 7.24. The number of carbonyl (C=O) groups is 1. The van der Waals surface area contributed by atoms with Crippen molar-refractivity contribution in [2.45, 2.75) is 44.2 Å². The van der Waals surface area contributed by atoms with Crippen LogP contribution < -0.4 is 5.56 Å². The maximum atomic E-state index is 13.1. The molecule has 1 unspecified atom stereocenters. The summed E-state index contributed by atoms with van der Waals surface area (Å²) in [6, 6.07) is 25.1. The van der Waals surface area contributed by atoms with Crippen LogP contribution in [0.4, 0.5) is 0 Å². The number of benzene rings is 2. The number of piperidine rings is 1. The Labute approximate surface area is 216 Å². The highest BCUT2D eigenvalue weighted by Gasteiger charge is 2.35. The number of hydrogen-bond acceptors (Lipinski definition) is 4. The van der Waals surface area contributed by atoms with Crippen molar-refractivity contribution in [3.8, 4) is 22.5 Å². The molecular weight excluding hydrogens is 464 g/mol. The van der Waals surface area contributed by atoms with E-state index >= 15 is 0 Å². The fourth-order valence-corrected chi connectivity index (χ4v) is 5.12. The number of likely N-dealkylation sites (tertiary alicyclic amines) is 1. The van der Waals surface area contributed by atoms with Gasteiger partial charge in [-0.15, -0.1) is 0 Å². The second-order valence-electron chi connectivity index (χ2n) is 10.0. The van der Waals surface area contributed by atoms with Gasteiger partial charge in [0.1, 0.15) is 5.76 Å². The van der Waals surface area contributed by atoms with Gasteiger partial charge in [0.2, 0.25) is 5.91 Å². The molecule has 1 saturated heterocycles. The third-order valence-corrected chi connectivity index (χ3v) is 7.36. The van der Waals surface area contributed by atoms with Gasteiger partial charge in [-0.3, -0.25) is 9.59 Å². The van der Waals surface area contributed by atoms with E-state index in [0.717, 1.165) is 22.3 Å². The normalized spacial score (nSPS) is 15.9. The molecule has 2 aromatic carbocycles. The molecule has 1 atom stereocenters. The van der Waals surface area contributed by atoms with Gasteiger partial charge in [-0.25, -0.2) is 0 Å². The van der Waals surface area contributed by atoms with Crippen LogP contribution in [0.5, 0.6) is 0 Å². The molecule has 0 bridgehead atoms. The number of amides is 1. The first-order chi connectivity index (χ1) is 17.9. The van der Waals surface area contributed by atoms with Crippen LogP contribution in [0.15, 0.2) is 101 Å². The Bertz CT molecular complexity index is 1390. The van der Waals surface area contributed by atoms with Gasteiger partial charge in [0.15, 0.2) is 0 Å². The summed E-state index contributed by atoms with van der Waals surface area (Å²) in [6.45, 7) is 3.17. The molecule has 0 saturated carbocycles. The van der Waals surface area contributed by atoms with Crippen LogP contribution in [0.2, 0.25) is 0 Å². The van der Waals surface area contributed by atoms with Crippen LogP contribution in [0.3, 0.4) is 0 Å². The standard InChI is InChI=1S/C31H32N2O4/c1-23(24-9-4-2-5-10-24)19-29(34)32-16-14-31(36,15-17-32)22-33-21-27(28-13-8-18-37-28)26(20-30(33)35)25-11-6-3-7-12-25/h2-13,18,20-21,23,36H,14-17,19,22H2,1H3. The number of pyridine rings is 1. The van der Waals surface area contributed by atoms with Crippen LogP contribution in [-0.4, -0.2) is 39.2 Å². The Morgan fingerprint density at radius 1 is 0.973 bits per heavy atom. The van der Waals surface area contributed by atoms with Gasteiger partial charge < -0.3 is 19.0 Å². The van der Waals surface area contributed by atoms with Crippen molar-refractivity contribution >= 4 is 5.91 Å². The summed E-state index contributed by atoms with van der Waals surface area (Å²) in [6.07, 6.45) is 4.66. The van der Waals surface area contributed by atoms with E-state index in [9.17, 15) is 14.7 Å². The Morgan fingerprint density at radius 3 is 2.30 bits per heavy atom. The summed E-state index contributed by atoms with van der Waals surface area (Å²) >= 11 is 0. The van der Waals surface area contributed by atoms with E-state index in [4.69, 9.17) is 4.42 Å². The molecule has 2 aromatic heterocycles. The van der Waals surface area contributed by atoms with Crippen molar-refractivity contribution in [1.29, 1.82) is 0 Å². The molecule has 4 aromatic rings. The van der Waals surface area contributed by atoms with E-state index in [1.54, 1.807) is 23.1 Å². The quantitative estimate of drug-likeness (QED) is 0.376. The van der Waals surface area contributed by atoms with Gasteiger partial charge in [0.05, 0.1) is 18.4 Å². The minimum absolute atomic E-state index is 0.0999. The van der Waals surface area contributed by atoms with Crippen molar-refractivity contribution in [3.63, 3.8) is 0 Å². The number of rotatable bonds is 7. The fourth-order valence-electron chi connectivity index (χ4n) is 5.12. The highest BCUT2D eigenvalue weighted by Crippen LogP contribution is 2.32. The maximum Gasteiger partial charge on any atom is 0.251 e. The predicted molar refractivity (Wildman–Crippen MR) is 144 cm³/mol. The SMILES string of the molecule is CC(CC(=O)N1CCC(O)(Cn2cc(-c3ccco3)c(-c3ccccc3)cc2=O)CC1)c1ccccc1. The van der Waals surface area contributed by atoms with Crippen LogP contribution in [-0.2, 0) is 11.3 Å². The highest BCUT2D eigenvalue weighted by molar-refractivity contribution is 5.80. The van der Waals surface area contributed by atoms with Gasteiger partial charge >= 0.3 is 0 Å². The summed E-state index contributed by atoms with van der Waals surface area (Å²) in [5.41, 5.74) is 2.40. The van der Waals surface area contributed by atoms with Crippen molar-refractivity contribution in [1.82, 2.24) is 9.47 Å². The second-order valence-corrected chi connectivity index (χ2v) is 10.0. The molecule has 1 amide bonds. The molecule has 0 spiro atoms. The van der Waals surface area contributed by atoms with Crippen LogP contribution in [0.1, 0.15) is 37.7 Å². The van der Waals surface area contributed by atoms with E-state index in [1.807, 2.05) is 77.7 Å². The van der Waals surface area contributed by atoms with E-state index in [1.165, 1.54) is 0 Å². The topological polar surface area (TPSA) is 75.7 Å². The molecule has 1 aliphatic heterocycles. The zero-order valence-corrected chi connectivity index (χ0v) is 21.0. The van der Waals surface area contributed by atoms with Crippen LogP contribution in [0.25, 0.3) is 22.5 Å². The van der Waals surface area contributed by atoms with E-state index < -0.39 is 5.60 Å². The zero-order valence-electron chi connectivity index (χ0n) is 21.0. The second kappa shape index (κ2) is 10.6. The van der Waals surface area contributed by atoms with Crippen molar-refractivity contribution < 1.29 is 14.3 Å². The summed E-state index contributed by atoms with van der Waals surface area (Å²) in [4.78, 5) is 27.9. The maximum absolute atomic E-state index is 13.1. The molecule has 3 heterocycles. The molecule has 5 rings (SSSR count). The number of hydrogen-bond donors (Lipinski definition) is 1. The average Bonchev–Trinajstić information content (AvgIpc) is 3.46. The lowest BCUT2D eigenvalue weighted by Gasteiger charge is -2.39. The van der Waals surface area contributed by atoms with Crippen molar-refractivity contribution in [2.24, 2.45) is 0 Å². The van der Waals surface area contributed by atoms with E-state index in [2.05, 4.69) is 6.92 Å². The smallest absolute Gasteiger partial charge is 0.251 e. The number of carbonyl (C=O) groups excluding carboxylic acids is 1. The van der Waals surface area contributed by atoms with Gasteiger partial charge in [-0.05, 0) is 47.6 Å². The van der Waals surface area contributed by atoms with E-state index in [-0.39, 0.29) is 23.9 Å². The summed E-state index contributed by atoms with van der Waals surface area (Å²) in [7, 11) is 0. The molecule has 0 radical (unpaired) electrons. The van der Waals surface area contributed by atoms with Gasteiger partial charge in [0, 0.05) is 37.3 Å². The Kier molecular flexibility index (Phi) is 7.10. The number of nitrogens with zero attached hydrogens (tertiary/aromatic N) is 2. The van der Waals surface area contributed by atoms with Crippen molar-refractivity contribution in [3.05, 3.63) is 107 Å². The number of aliphatic hydroxyl groups is 1. The molecule has 6 nitrogen and oxygen atoms in total. The molecule has 0 aliphatic carbocycles. The highest BCUT2D eigenvalue weighted by atomic mass is 16.3. The number of furan rings is 1. The molecule has 37 heavy (non-hydrogen) atoms. The van der Waals surface area contributed by atoms with E-state index in [0.29, 0.717) is 38.1 Å². The predicted octanol–water partition coefficient (Wildman–Crippen LogP) is 5.32. The first-order valence-corrected chi connectivity index (χ1v) is 12.8. The largest absolute Gasteiger partial charge is 0.464 e. The van der Waals surface area contributed by atoms with Crippen LogP contribution >= 0.6 is 0 Å². The molecule has 190 valence electrons. The number of aromatic nitrogens is 1. The lowest BCUT2D eigenvalue weighted by molar-refractivity contribution is -0.136. The monoisotopic (exact) mass is 496 g/mol. The summed E-state index contributed by atoms with van der Waals surface area (Å²) in [5.74, 6) is 0.895. The van der Waals surface area contributed by atoms with Crippen molar-refractivity contribution in [2.75, 3.05) is 13.1 Å². The average molecular weight is 497 g/mol. The van der Waals surface area contributed by atoms with Gasteiger partial charge in [-0.2, -0.15) is 0 Å². The molecule has 6 heteroatoms. The lowest BCUT2D eigenvalue weighted by Crippen LogP contribution is -2.49. The lowest BCUT2D eigenvalue weighted by atomic mass is 9.90. The summed E-state index contributed by atoms with van der Waals surface area (Å²) in [5, 5.41) is 11.4. The molecule has 1 N–H and O–H groups in total. The zero-order chi connectivity index (χ0) is 25.8. The Balaban J connectivity index is 1.30. The third-order valence-electron chi connectivity index (χ3n) is 7.36. The molecule has 1 fully saturated rings. The minimum atomic E-state index is -1.07.